The van der Waals surface area contributed by atoms with Crippen LogP contribution in [0.5, 0.6) is 0 Å². The van der Waals surface area contributed by atoms with E-state index in [1.54, 1.807) is 0 Å². The van der Waals surface area contributed by atoms with Crippen molar-refractivity contribution in [3.8, 4) is 0 Å². The van der Waals surface area contributed by atoms with Crippen LogP contribution in [-0.4, -0.2) is 0 Å². The summed E-state index contributed by atoms with van der Waals surface area (Å²) in [5.41, 5.74) is 0. The van der Waals surface area contributed by atoms with Gasteiger partial charge in [0.2, 0.25) is 0 Å². The quantitative estimate of drug-likeness (QED) is 0.174. The second-order valence-corrected chi connectivity index (χ2v) is 0. The molecule has 0 radical (unpaired) electrons. The molecule has 0 saturated heterocycles. The largest absolute Gasteiger partial charge is 0.813 e. The van der Waals surface area contributed by atoms with Gasteiger partial charge in [-0.05, 0) is 0 Å². The number of thiol groups is 7. The molecule has 0 nitrogen and oxygen atoms in total. The Morgan fingerprint density at radius 3 is 0.143 bits per heavy atom. The summed E-state index contributed by atoms with van der Waals surface area (Å²) in [4.78, 5) is 0. The molecule has 0 heterocycles. The summed E-state index contributed by atoms with van der Waals surface area (Å²) in [7, 11) is 0. The van der Waals surface area contributed by atoms with E-state index in [9.17, 15) is 0 Å². The van der Waals surface area contributed by atoms with Crippen molar-refractivity contribution in [2.24, 2.45) is 0 Å². The number of rotatable bonds is 0. The van der Waals surface area contributed by atoms with Crippen molar-refractivity contribution in [2.75, 3.05) is 0 Å². The smallest absolute Gasteiger partial charge is 0 e. The van der Waals surface area contributed by atoms with Gasteiger partial charge in [-0.15, -0.1) is 0 Å². The van der Waals surface area contributed by atoms with Crippen molar-refractivity contribution < 1.29 is 119 Å². The minimum Gasteiger partial charge on any atom is -0.813 e. The minimum atomic E-state index is 0. The van der Waals surface area contributed by atoms with Crippen LogP contribution in [0.25, 0.3) is 0 Å². The Bertz CT molecular complexity index is 14.0. The third-order valence-corrected chi connectivity index (χ3v) is 0. The molecule has 0 rings (SSSR count). The molecular weight excluding hydrogens is 615 g/mol. The zero-order valence-electron chi connectivity index (χ0n) is 5.61. The molecule has 0 N–H and O–H groups in total. The van der Waals surface area contributed by atoms with E-state index in [2.05, 4.69) is 0 Å². The van der Waals surface area contributed by atoms with E-state index in [4.69, 9.17) is 0 Å². The molecule has 0 amide bonds. The predicted molar refractivity (Wildman–Crippen MR) is 61.3 cm³/mol. The molecule has 0 unspecified atom stereocenters. The van der Waals surface area contributed by atoms with Crippen molar-refractivity contribution in [3.63, 3.8) is 0 Å². The normalized spacial score (nSPS) is 0. The van der Waals surface area contributed by atoms with Crippen molar-refractivity contribution in [3.05, 3.63) is 0 Å². The molecule has 14 heteroatoms. The molecular formula is H7Fe7S7-7. The second-order valence-electron chi connectivity index (χ2n) is 0. The summed E-state index contributed by atoms with van der Waals surface area (Å²) in [5, 5.41) is 0. The molecule has 0 spiro atoms. The first-order valence-corrected chi connectivity index (χ1v) is 0. The Morgan fingerprint density at radius 1 is 0.143 bits per heavy atom. The van der Waals surface area contributed by atoms with Gasteiger partial charge in [0.05, 0.1) is 0 Å². The summed E-state index contributed by atoms with van der Waals surface area (Å²) in [6, 6.07) is 0. The van der Waals surface area contributed by atoms with Crippen LogP contribution in [0.4, 0.5) is 0 Å². The number of hydrogen-bond acceptors (Lipinski definition) is 7. The second kappa shape index (κ2) is 169. The van der Waals surface area contributed by atoms with Crippen LogP contribution < -0.4 is 0 Å². The molecule has 0 aliphatic heterocycles. The summed E-state index contributed by atoms with van der Waals surface area (Å²) in [6.07, 6.45) is 0. The zero-order chi connectivity index (χ0) is 0. The maximum Gasteiger partial charge on any atom is 0 e. The van der Waals surface area contributed by atoms with Gasteiger partial charge in [0.1, 0.15) is 0 Å². The van der Waals surface area contributed by atoms with Gasteiger partial charge in [-0.1, -0.05) is 0 Å². The van der Waals surface area contributed by atoms with Crippen LogP contribution in [-0.2, 0) is 214 Å². The van der Waals surface area contributed by atoms with Gasteiger partial charge in [0, 0.05) is 119 Å². The molecule has 0 aliphatic rings. The molecule has 14 heavy (non-hydrogen) atoms. The van der Waals surface area contributed by atoms with Gasteiger partial charge in [0.25, 0.3) is 0 Å². The zero-order valence-corrected chi connectivity index (χ0v) is 19.6. The first-order chi connectivity index (χ1) is 0. The summed E-state index contributed by atoms with van der Waals surface area (Å²) < 4.78 is 0. The summed E-state index contributed by atoms with van der Waals surface area (Å²) in [6.45, 7) is 0. The predicted octanol–water partition coefficient (Wildman–Crippen LogP) is -1.91. The molecule has 0 aromatic heterocycles. The van der Waals surface area contributed by atoms with Gasteiger partial charge in [-0.2, -0.15) is 0 Å². The van der Waals surface area contributed by atoms with Crippen LogP contribution in [0.2, 0.25) is 0 Å². The maximum atomic E-state index is 0. The minimum absolute atomic E-state index is 0. The Balaban J connectivity index is 0. The van der Waals surface area contributed by atoms with Crippen LogP contribution in [0.15, 0.2) is 0 Å². The van der Waals surface area contributed by atoms with Crippen LogP contribution >= 0.6 is 0 Å². The van der Waals surface area contributed by atoms with Crippen LogP contribution in [0, 0.1) is 0 Å². The fourth-order valence-electron chi connectivity index (χ4n) is 0. The summed E-state index contributed by atoms with van der Waals surface area (Å²) in [5.74, 6) is 0. The maximum absolute atomic E-state index is 0. The van der Waals surface area contributed by atoms with Crippen LogP contribution in [0.3, 0.4) is 0 Å². The standard InChI is InChI=1S/7Fe.7H2S/h;;;;;;;7*1H2/p-7. The average molecular weight is 622 g/mol. The molecule has 0 aliphatic carbocycles. The number of hydrogen-bond donors (Lipinski definition) is 0. The molecule has 0 atom stereocenters. The Labute approximate surface area is 210 Å². The molecule has 0 saturated carbocycles. The first kappa shape index (κ1) is 198. The topological polar surface area (TPSA) is 0 Å². The summed E-state index contributed by atoms with van der Waals surface area (Å²) >= 11 is 0. The van der Waals surface area contributed by atoms with Gasteiger partial charge in [0.15, 0.2) is 0 Å². The Morgan fingerprint density at radius 2 is 0.143 bits per heavy atom. The van der Waals surface area contributed by atoms with Gasteiger partial charge >= 0.3 is 0 Å². The van der Waals surface area contributed by atoms with Crippen LogP contribution in [0.1, 0.15) is 0 Å². The van der Waals surface area contributed by atoms with Crippen molar-refractivity contribution in [1.82, 2.24) is 0 Å². The van der Waals surface area contributed by atoms with E-state index in [0.29, 0.717) is 0 Å². The molecule has 0 aromatic carbocycles. The first-order valence-electron chi connectivity index (χ1n) is 0. The third-order valence-electron chi connectivity index (χ3n) is 0. The SMILES string of the molecule is [Fe].[Fe].[Fe].[Fe].[Fe].[Fe].[Fe].[SH-].[SH-].[SH-].[SH-].[SH-].[SH-].[SH-]. The molecule has 0 aromatic rings. The molecule has 0 bridgehead atoms. The fourth-order valence-corrected chi connectivity index (χ4v) is 0. The van der Waals surface area contributed by atoms with Gasteiger partial charge < -0.3 is 94.5 Å². The van der Waals surface area contributed by atoms with E-state index in [0.717, 1.165) is 0 Å². The monoisotopic (exact) mass is 622 g/mol. The fraction of sp³-hybridized carbons (Fsp3) is 0. The van der Waals surface area contributed by atoms with E-state index >= 15 is 0 Å². The Kier molecular flexibility index (Phi) is 2380. The van der Waals surface area contributed by atoms with Crippen molar-refractivity contribution >= 4 is 94.5 Å². The molecule has 0 fully saturated rings. The van der Waals surface area contributed by atoms with E-state index in [-0.39, 0.29) is 214 Å². The van der Waals surface area contributed by atoms with Crippen molar-refractivity contribution in [1.29, 1.82) is 0 Å². The molecule has 112 valence electrons. The van der Waals surface area contributed by atoms with Gasteiger partial charge in [-0.25, -0.2) is 0 Å². The van der Waals surface area contributed by atoms with E-state index < -0.39 is 0 Å². The van der Waals surface area contributed by atoms with Crippen molar-refractivity contribution in [2.45, 2.75) is 0 Å². The Hall–Kier alpha value is 6.09. The third kappa shape index (κ3) is 143. The van der Waals surface area contributed by atoms with Gasteiger partial charge in [-0.3, -0.25) is 0 Å². The van der Waals surface area contributed by atoms with E-state index in [1.165, 1.54) is 0 Å². The van der Waals surface area contributed by atoms with E-state index in [1.807, 2.05) is 0 Å². The average Bonchev–Trinajstić information content (AvgIpc) is 0.